The van der Waals surface area contributed by atoms with Gasteiger partial charge in [0.25, 0.3) is 0 Å². The second-order valence-electron chi connectivity index (χ2n) is 3.15. The molecule has 0 amide bonds. The van der Waals surface area contributed by atoms with Gasteiger partial charge in [-0.15, -0.1) is 24.3 Å². The van der Waals surface area contributed by atoms with Crippen molar-refractivity contribution in [3.63, 3.8) is 0 Å². The standard InChI is InChI=1S/2C8H7.4C2H6.Y/c2*1-2-8-6-4-3-5-7-8;4*1-2;/h2*1-7H;4*1-2H3;/q2*-1;;;;;. The second kappa shape index (κ2) is 38.5. The van der Waals surface area contributed by atoms with E-state index in [1.54, 1.807) is 12.2 Å². The Morgan fingerprint density at radius 3 is 0.800 bits per heavy atom. The summed E-state index contributed by atoms with van der Waals surface area (Å²) < 4.78 is 0. The van der Waals surface area contributed by atoms with Gasteiger partial charge in [-0.2, -0.15) is 11.1 Å². The molecule has 0 unspecified atom stereocenters. The van der Waals surface area contributed by atoms with Gasteiger partial charge in [-0.3, -0.25) is 13.2 Å². The van der Waals surface area contributed by atoms with E-state index in [2.05, 4.69) is 0 Å². The van der Waals surface area contributed by atoms with Crippen molar-refractivity contribution in [2.75, 3.05) is 0 Å². The molecule has 2 aromatic carbocycles. The molecule has 1 heteroatoms. The molecule has 0 atom stereocenters. The smallest absolute Gasteiger partial charge is 0 e. The Bertz CT molecular complexity index is 375. The summed E-state index contributed by atoms with van der Waals surface area (Å²) in [6.45, 7) is 26.4. The maximum absolute atomic E-state index is 5.22. The molecule has 0 N–H and O–H groups in total. The van der Waals surface area contributed by atoms with Crippen LogP contribution in [0.1, 0.15) is 66.5 Å². The fourth-order valence-electron chi connectivity index (χ4n) is 1.13. The van der Waals surface area contributed by atoms with E-state index in [9.17, 15) is 0 Å². The SMILES string of the molecule is CC.CC.CC.CC.[CH-]=Cc1ccccc1.[CH-]=Cc1ccccc1.[Y]. The molecule has 0 aliphatic heterocycles. The second-order valence-corrected chi connectivity index (χ2v) is 3.15. The summed E-state index contributed by atoms with van der Waals surface area (Å²) in [6, 6.07) is 19.6. The van der Waals surface area contributed by atoms with Gasteiger partial charge >= 0.3 is 0 Å². The number of hydrogen-bond acceptors (Lipinski definition) is 0. The maximum atomic E-state index is 5.22. The topological polar surface area (TPSA) is 0 Å². The van der Waals surface area contributed by atoms with Gasteiger partial charge in [0.15, 0.2) is 0 Å². The van der Waals surface area contributed by atoms with E-state index < -0.39 is 0 Å². The Balaban J connectivity index is -0.0000000743. The van der Waals surface area contributed by atoms with Crippen molar-refractivity contribution in [3.8, 4) is 0 Å². The van der Waals surface area contributed by atoms with Crippen molar-refractivity contribution in [1.29, 1.82) is 0 Å². The minimum absolute atomic E-state index is 0. The van der Waals surface area contributed by atoms with E-state index >= 15 is 0 Å². The van der Waals surface area contributed by atoms with Gasteiger partial charge in [0.05, 0.1) is 0 Å². The van der Waals surface area contributed by atoms with E-state index in [0.29, 0.717) is 0 Å². The van der Waals surface area contributed by atoms with E-state index in [0.717, 1.165) is 11.1 Å². The first-order valence-electron chi connectivity index (χ1n) is 9.07. The van der Waals surface area contributed by atoms with Gasteiger partial charge in [0.1, 0.15) is 0 Å². The van der Waals surface area contributed by atoms with E-state index in [1.807, 2.05) is 116 Å². The third kappa shape index (κ3) is 28.1. The maximum Gasteiger partial charge on any atom is 0 e. The van der Waals surface area contributed by atoms with Crippen molar-refractivity contribution < 1.29 is 32.7 Å². The van der Waals surface area contributed by atoms with E-state index in [1.165, 1.54) is 0 Å². The van der Waals surface area contributed by atoms with Crippen LogP contribution in [0.4, 0.5) is 0 Å². The monoisotopic (exact) mass is 415 g/mol. The summed E-state index contributed by atoms with van der Waals surface area (Å²) >= 11 is 0. The molecule has 0 heterocycles. The molecule has 1 radical (unpaired) electrons. The molecule has 139 valence electrons. The molecular formula is C24H38Y-2. The third-order valence-corrected chi connectivity index (χ3v) is 1.98. The first-order chi connectivity index (χ1) is 11.9. The van der Waals surface area contributed by atoms with Gasteiger partial charge in [-0.05, 0) is 0 Å². The molecule has 0 aliphatic carbocycles. The van der Waals surface area contributed by atoms with Gasteiger partial charge < -0.3 is 0 Å². The van der Waals surface area contributed by atoms with Gasteiger partial charge in [0.2, 0.25) is 0 Å². The van der Waals surface area contributed by atoms with Crippen molar-refractivity contribution in [2.45, 2.75) is 55.4 Å². The van der Waals surface area contributed by atoms with E-state index in [-0.39, 0.29) is 32.7 Å². The van der Waals surface area contributed by atoms with Crippen LogP contribution in [0.3, 0.4) is 0 Å². The molecule has 0 aliphatic rings. The normalized spacial score (nSPS) is 6.40. The average molecular weight is 415 g/mol. The van der Waals surface area contributed by atoms with Crippen molar-refractivity contribution in [2.24, 2.45) is 0 Å². The molecule has 0 aromatic heterocycles. The molecule has 0 nitrogen and oxygen atoms in total. The molecule has 2 aromatic rings. The summed E-state index contributed by atoms with van der Waals surface area (Å²) in [5.41, 5.74) is 2.13. The summed E-state index contributed by atoms with van der Waals surface area (Å²) in [4.78, 5) is 0. The van der Waals surface area contributed by atoms with Gasteiger partial charge in [0, 0.05) is 32.7 Å². The Kier molecular flexibility index (Phi) is 54.2. The van der Waals surface area contributed by atoms with Crippen LogP contribution in [0.15, 0.2) is 60.7 Å². The number of benzene rings is 2. The molecule has 2 rings (SSSR count). The Morgan fingerprint density at radius 2 is 0.680 bits per heavy atom. The third-order valence-electron chi connectivity index (χ3n) is 1.98. The average Bonchev–Trinajstić information content (AvgIpc) is 2.75. The predicted molar refractivity (Wildman–Crippen MR) is 116 cm³/mol. The number of hydrogen-bond donors (Lipinski definition) is 0. The molecule has 0 saturated carbocycles. The van der Waals surface area contributed by atoms with Gasteiger partial charge in [-0.25, -0.2) is 12.2 Å². The van der Waals surface area contributed by atoms with Crippen LogP contribution in [0, 0.1) is 13.2 Å². The van der Waals surface area contributed by atoms with Crippen molar-refractivity contribution in [1.82, 2.24) is 0 Å². The van der Waals surface area contributed by atoms with Crippen LogP contribution in [0.25, 0.3) is 12.2 Å². The number of rotatable bonds is 2. The summed E-state index contributed by atoms with van der Waals surface area (Å²) in [6.07, 6.45) is 3.17. The zero-order valence-corrected chi connectivity index (χ0v) is 20.5. The van der Waals surface area contributed by atoms with Crippen LogP contribution >= 0.6 is 0 Å². The van der Waals surface area contributed by atoms with E-state index in [4.69, 9.17) is 13.2 Å². The van der Waals surface area contributed by atoms with Crippen LogP contribution in [-0.4, -0.2) is 0 Å². The van der Waals surface area contributed by atoms with Crippen LogP contribution < -0.4 is 0 Å². The fourth-order valence-corrected chi connectivity index (χ4v) is 1.13. The van der Waals surface area contributed by atoms with Gasteiger partial charge in [-0.1, -0.05) is 91.8 Å². The summed E-state index contributed by atoms with van der Waals surface area (Å²) in [5, 5.41) is 0. The minimum atomic E-state index is 0. The first-order valence-corrected chi connectivity index (χ1v) is 9.07. The van der Waals surface area contributed by atoms with Crippen LogP contribution in [0.2, 0.25) is 0 Å². The minimum Gasteiger partial charge on any atom is -0.292 e. The van der Waals surface area contributed by atoms with Crippen molar-refractivity contribution in [3.05, 3.63) is 84.9 Å². The first kappa shape index (κ1) is 35.2. The van der Waals surface area contributed by atoms with Crippen molar-refractivity contribution >= 4 is 12.2 Å². The predicted octanol–water partition coefficient (Wildman–Crippen LogP) is 8.37. The molecular weight excluding hydrogens is 377 g/mol. The molecule has 25 heavy (non-hydrogen) atoms. The largest absolute Gasteiger partial charge is 0.292 e. The van der Waals surface area contributed by atoms with Crippen LogP contribution in [0.5, 0.6) is 0 Å². The zero-order chi connectivity index (χ0) is 19.6. The Hall–Kier alpha value is -0.976. The Labute approximate surface area is 184 Å². The molecule has 0 saturated heterocycles. The quantitative estimate of drug-likeness (QED) is 0.432. The fraction of sp³-hybridized carbons (Fsp3) is 0.333. The van der Waals surface area contributed by atoms with Crippen LogP contribution in [-0.2, 0) is 32.7 Å². The summed E-state index contributed by atoms with van der Waals surface area (Å²) in [7, 11) is 0. The summed E-state index contributed by atoms with van der Waals surface area (Å²) in [5.74, 6) is 0. The molecule has 0 bridgehead atoms. The molecule has 0 spiro atoms. The zero-order valence-electron chi connectivity index (χ0n) is 17.7. The Morgan fingerprint density at radius 1 is 0.480 bits per heavy atom. The molecule has 0 fully saturated rings.